The predicted molar refractivity (Wildman–Crippen MR) is 73.0 cm³/mol. The van der Waals surface area contributed by atoms with E-state index >= 15 is 0 Å². The molecular formula is C12H22N2O2S. The van der Waals surface area contributed by atoms with Crippen molar-refractivity contribution in [2.45, 2.75) is 50.3 Å². The molecule has 0 aromatic rings. The summed E-state index contributed by atoms with van der Waals surface area (Å²) in [4.78, 5) is 17.7. The van der Waals surface area contributed by atoms with E-state index in [1.807, 2.05) is 7.05 Å². The summed E-state index contributed by atoms with van der Waals surface area (Å²) in [7, 11) is 1.98. The van der Waals surface area contributed by atoms with Crippen LogP contribution >= 0.6 is 12.6 Å². The lowest BCUT2D eigenvalue weighted by molar-refractivity contribution is -0.139. The van der Waals surface area contributed by atoms with Crippen molar-refractivity contribution in [3.05, 3.63) is 0 Å². The topological polar surface area (TPSA) is 52.9 Å². The number of aliphatic imine (C=N–C) groups is 1. The van der Waals surface area contributed by atoms with Crippen LogP contribution < -0.4 is 0 Å². The van der Waals surface area contributed by atoms with Crippen molar-refractivity contribution < 1.29 is 9.90 Å². The highest BCUT2D eigenvalue weighted by molar-refractivity contribution is 7.81. The third-order valence-electron chi connectivity index (χ3n) is 3.02. The minimum absolute atomic E-state index is 0.647. The van der Waals surface area contributed by atoms with E-state index in [-0.39, 0.29) is 0 Å². The fourth-order valence-corrected chi connectivity index (χ4v) is 2.12. The number of rotatable bonds is 3. The Balaban J connectivity index is 2.92. The first-order valence-corrected chi connectivity index (χ1v) is 6.50. The van der Waals surface area contributed by atoms with Gasteiger partial charge in [0.2, 0.25) is 0 Å². The van der Waals surface area contributed by atoms with Crippen molar-refractivity contribution in [2.24, 2.45) is 4.99 Å². The van der Waals surface area contributed by atoms with Crippen molar-refractivity contribution in [1.29, 1.82) is 0 Å². The van der Waals surface area contributed by atoms with Gasteiger partial charge in [-0.05, 0) is 26.7 Å². The average molecular weight is 258 g/mol. The van der Waals surface area contributed by atoms with E-state index in [4.69, 9.17) is 0 Å². The first-order chi connectivity index (χ1) is 7.82. The van der Waals surface area contributed by atoms with E-state index in [0.29, 0.717) is 0 Å². The molecule has 1 rings (SSSR count). The third kappa shape index (κ3) is 4.22. The van der Waals surface area contributed by atoms with Gasteiger partial charge < -0.3 is 10.0 Å². The molecule has 1 N–H and O–H groups in total. The number of amidine groups is 1. The highest BCUT2D eigenvalue weighted by Crippen LogP contribution is 2.22. The highest BCUT2D eigenvalue weighted by Gasteiger charge is 2.32. The van der Waals surface area contributed by atoms with Gasteiger partial charge in [0.05, 0.1) is 5.84 Å². The van der Waals surface area contributed by atoms with Crippen molar-refractivity contribution in [3.8, 4) is 0 Å². The van der Waals surface area contributed by atoms with Gasteiger partial charge in [0.1, 0.15) is 0 Å². The second kappa shape index (κ2) is 5.76. The second-order valence-corrected chi connectivity index (χ2v) is 6.32. The zero-order valence-corrected chi connectivity index (χ0v) is 11.7. The summed E-state index contributed by atoms with van der Waals surface area (Å²) in [6, 6.07) is -0.790. The van der Waals surface area contributed by atoms with Gasteiger partial charge in [-0.2, -0.15) is 12.6 Å². The zero-order chi connectivity index (χ0) is 13.1. The summed E-state index contributed by atoms with van der Waals surface area (Å²) >= 11 is 4.34. The first kappa shape index (κ1) is 14.4. The van der Waals surface area contributed by atoms with Gasteiger partial charge >= 0.3 is 5.97 Å². The van der Waals surface area contributed by atoms with Crippen LogP contribution in [0.2, 0.25) is 0 Å². The van der Waals surface area contributed by atoms with E-state index in [2.05, 4.69) is 22.5 Å². The number of hydrogen-bond acceptors (Lipinski definition) is 3. The molecule has 0 aromatic carbocycles. The molecule has 98 valence electrons. The minimum Gasteiger partial charge on any atom is -0.480 e. The van der Waals surface area contributed by atoms with Crippen molar-refractivity contribution in [3.63, 3.8) is 0 Å². The molecule has 5 heteroatoms. The molecule has 1 saturated heterocycles. The van der Waals surface area contributed by atoms with E-state index in [1.54, 1.807) is 13.8 Å². The SMILES string of the molecule is CN1CCCCCC1=N[C@H](C(=O)O)C(C)(C)S. The van der Waals surface area contributed by atoms with Crippen molar-refractivity contribution in [2.75, 3.05) is 13.6 Å². The molecule has 4 nitrogen and oxygen atoms in total. The molecule has 0 spiro atoms. The van der Waals surface area contributed by atoms with Crippen LogP contribution in [-0.2, 0) is 4.79 Å². The number of thiol groups is 1. The third-order valence-corrected chi connectivity index (χ3v) is 3.26. The van der Waals surface area contributed by atoms with Crippen LogP contribution in [0.4, 0.5) is 0 Å². The molecule has 17 heavy (non-hydrogen) atoms. The molecule has 0 radical (unpaired) electrons. The first-order valence-electron chi connectivity index (χ1n) is 6.05. The molecule has 0 unspecified atom stereocenters. The zero-order valence-electron chi connectivity index (χ0n) is 10.8. The van der Waals surface area contributed by atoms with Gasteiger partial charge in [0.25, 0.3) is 0 Å². The van der Waals surface area contributed by atoms with E-state index in [9.17, 15) is 9.90 Å². The van der Waals surface area contributed by atoms with Gasteiger partial charge in [-0.25, -0.2) is 4.79 Å². The molecule has 0 bridgehead atoms. The van der Waals surface area contributed by atoms with Gasteiger partial charge in [0, 0.05) is 24.8 Å². The number of nitrogens with zero attached hydrogens (tertiary/aromatic N) is 2. The summed E-state index contributed by atoms with van der Waals surface area (Å²) in [5.74, 6) is -0.00725. The molecule has 1 aliphatic heterocycles. The summed E-state index contributed by atoms with van der Waals surface area (Å²) < 4.78 is -0.647. The number of hydrogen-bond donors (Lipinski definition) is 2. The van der Waals surface area contributed by atoms with Crippen molar-refractivity contribution in [1.82, 2.24) is 4.90 Å². The smallest absolute Gasteiger partial charge is 0.329 e. The maximum Gasteiger partial charge on any atom is 0.329 e. The maximum absolute atomic E-state index is 11.2. The molecule has 1 heterocycles. The van der Waals surface area contributed by atoms with E-state index < -0.39 is 16.8 Å². The summed E-state index contributed by atoms with van der Waals surface area (Å²) in [6.45, 7) is 4.53. The Hall–Kier alpha value is -0.710. The van der Waals surface area contributed by atoms with Crippen LogP contribution in [0.1, 0.15) is 39.5 Å². The Morgan fingerprint density at radius 1 is 1.47 bits per heavy atom. The molecule has 0 aromatic heterocycles. The van der Waals surface area contributed by atoms with Gasteiger partial charge in [-0.3, -0.25) is 4.99 Å². The molecule has 1 fully saturated rings. The Kier molecular flexibility index (Phi) is 4.86. The van der Waals surface area contributed by atoms with E-state index in [0.717, 1.165) is 31.6 Å². The average Bonchev–Trinajstić information content (AvgIpc) is 2.37. The largest absolute Gasteiger partial charge is 0.480 e. The fourth-order valence-electron chi connectivity index (χ4n) is 1.96. The Bertz CT molecular complexity index is 310. The molecule has 0 saturated carbocycles. The summed E-state index contributed by atoms with van der Waals surface area (Å²) in [6.07, 6.45) is 4.29. The van der Waals surface area contributed by atoms with Gasteiger partial charge in [-0.1, -0.05) is 6.42 Å². The lowest BCUT2D eigenvalue weighted by Crippen LogP contribution is -2.39. The predicted octanol–water partition coefficient (Wildman–Crippen LogP) is 2.05. The highest BCUT2D eigenvalue weighted by atomic mass is 32.1. The number of aliphatic carboxylic acids is 1. The fraction of sp³-hybridized carbons (Fsp3) is 0.833. The lowest BCUT2D eigenvalue weighted by Gasteiger charge is -2.26. The normalized spacial score (nSPS) is 22.4. The molecule has 0 amide bonds. The van der Waals surface area contributed by atoms with E-state index in [1.165, 1.54) is 6.42 Å². The summed E-state index contributed by atoms with van der Waals surface area (Å²) in [5.41, 5.74) is 0. The molecular weight excluding hydrogens is 236 g/mol. The Morgan fingerprint density at radius 3 is 2.65 bits per heavy atom. The number of carboxylic acid groups (broad SMARTS) is 1. The van der Waals surface area contributed by atoms with Gasteiger partial charge in [0.15, 0.2) is 6.04 Å². The lowest BCUT2D eigenvalue weighted by atomic mass is 10.0. The van der Waals surface area contributed by atoms with Crippen LogP contribution in [0.5, 0.6) is 0 Å². The minimum atomic E-state index is -0.907. The van der Waals surface area contributed by atoms with Crippen LogP contribution in [0, 0.1) is 0 Å². The standard InChI is InChI=1S/C12H22N2O2S/c1-12(2,17)10(11(15)16)13-9-7-5-4-6-8-14(9)3/h10,17H,4-8H2,1-3H3,(H,15,16)/t10-/m1/s1. The quantitative estimate of drug-likeness (QED) is 0.762. The molecule has 1 atom stereocenters. The molecule has 1 aliphatic rings. The number of carboxylic acids is 1. The van der Waals surface area contributed by atoms with Crippen LogP contribution in [0.15, 0.2) is 4.99 Å². The maximum atomic E-state index is 11.2. The molecule has 0 aliphatic carbocycles. The van der Waals surface area contributed by atoms with Crippen LogP contribution in [-0.4, -0.2) is 46.2 Å². The van der Waals surface area contributed by atoms with Crippen LogP contribution in [0.25, 0.3) is 0 Å². The second-order valence-electron chi connectivity index (χ2n) is 5.17. The number of likely N-dealkylation sites (tertiary alicyclic amines) is 1. The Labute approximate surface area is 109 Å². The Morgan fingerprint density at radius 2 is 2.12 bits per heavy atom. The van der Waals surface area contributed by atoms with Crippen molar-refractivity contribution >= 4 is 24.4 Å². The number of carbonyl (C=O) groups is 1. The summed E-state index contributed by atoms with van der Waals surface area (Å²) in [5, 5.41) is 9.22. The monoisotopic (exact) mass is 258 g/mol. The van der Waals surface area contributed by atoms with Gasteiger partial charge in [-0.15, -0.1) is 0 Å². The van der Waals surface area contributed by atoms with Crippen LogP contribution in [0.3, 0.4) is 0 Å².